The molecule has 1 heterocycles. The number of hydrogen-bond donors (Lipinski definition) is 1. The third-order valence-electron chi connectivity index (χ3n) is 3.89. The number of halogens is 1. The average molecular weight is 381 g/mol. The van der Waals surface area contributed by atoms with Crippen molar-refractivity contribution < 1.29 is 18.7 Å². The van der Waals surface area contributed by atoms with Crippen LogP contribution in [-0.4, -0.2) is 28.8 Å². The van der Waals surface area contributed by atoms with E-state index >= 15 is 0 Å². The summed E-state index contributed by atoms with van der Waals surface area (Å²) < 4.78 is 18.7. The summed E-state index contributed by atoms with van der Waals surface area (Å²) in [6.07, 6.45) is 0. The predicted molar refractivity (Wildman–Crippen MR) is 100 cm³/mol. The Morgan fingerprint density at radius 1 is 1.04 bits per heavy atom. The first-order valence-corrected chi connectivity index (χ1v) is 8.28. The molecule has 2 aromatic carbocycles. The molecule has 0 saturated heterocycles. The van der Waals surface area contributed by atoms with Crippen molar-refractivity contribution in [2.24, 2.45) is 0 Å². The van der Waals surface area contributed by atoms with Gasteiger partial charge in [-0.05, 0) is 54.6 Å². The number of carbonyl (C=O) groups is 2. The molecule has 28 heavy (non-hydrogen) atoms. The van der Waals surface area contributed by atoms with E-state index in [0.29, 0.717) is 22.5 Å². The van der Waals surface area contributed by atoms with Crippen molar-refractivity contribution in [3.8, 4) is 11.3 Å². The first-order valence-electron chi connectivity index (χ1n) is 8.28. The molecule has 0 fully saturated rings. The fraction of sp³-hybridized carbons (Fsp3) is 0.100. The van der Waals surface area contributed by atoms with Crippen molar-refractivity contribution in [3.63, 3.8) is 0 Å². The number of nitrogens with one attached hydrogen (secondary N) is 1. The van der Waals surface area contributed by atoms with Gasteiger partial charge >= 0.3 is 5.97 Å². The van der Waals surface area contributed by atoms with Crippen molar-refractivity contribution >= 4 is 17.6 Å². The number of ether oxygens (including phenoxy) is 1. The van der Waals surface area contributed by atoms with Crippen molar-refractivity contribution in [1.82, 2.24) is 9.78 Å². The molecular formula is C20H16FN3O4. The number of methoxy groups -OCH3 is 1. The summed E-state index contributed by atoms with van der Waals surface area (Å²) in [5.74, 6) is -1.32. The zero-order valence-electron chi connectivity index (χ0n) is 14.9. The smallest absolute Gasteiger partial charge is 0.337 e. The molecule has 0 aliphatic heterocycles. The van der Waals surface area contributed by atoms with Crippen LogP contribution >= 0.6 is 0 Å². The molecule has 0 saturated carbocycles. The van der Waals surface area contributed by atoms with Crippen LogP contribution < -0.4 is 10.9 Å². The van der Waals surface area contributed by atoms with Gasteiger partial charge in [-0.1, -0.05) is 0 Å². The maximum Gasteiger partial charge on any atom is 0.337 e. The molecule has 7 nitrogen and oxygen atoms in total. The molecule has 0 atom stereocenters. The largest absolute Gasteiger partial charge is 0.465 e. The highest BCUT2D eigenvalue weighted by Gasteiger charge is 2.10. The highest BCUT2D eigenvalue weighted by molar-refractivity contribution is 5.92. The van der Waals surface area contributed by atoms with Crippen molar-refractivity contribution in [3.05, 3.63) is 82.4 Å². The van der Waals surface area contributed by atoms with Gasteiger partial charge in [0.05, 0.1) is 18.4 Å². The number of esters is 1. The van der Waals surface area contributed by atoms with Crippen LogP contribution in [0.3, 0.4) is 0 Å². The lowest BCUT2D eigenvalue weighted by atomic mass is 10.1. The third-order valence-corrected chi connectivity index (χ3v) is 3.89. The summed E-state index contributed by atoms with van der Waals surface area (Å²) in [5, 5.41) is 6.79. The minimum Gasteiger partial charge on any atom is -0.465 e. The van der Waals surface area contributed by atoms with Gasteiger partial charge in [-0.15, -0.1) is 0 Å². The summed E-state index contributed by atoms with van der Waals surface area (Å²) in [7, 11) is 1.28. The maximum atomic E-state index is 13.1. The van der Waals surface area contributed by atoms with Gasteiger partial charge in [0.2, 0.25) is 5.91 Å². The van der Waals surface area contributed by atoms with E-state index < -0.39 is 17.4 Å². The van der Waals surface area contributed by atoms with Gasteiger partial charge in [-0.2, -0.15) is 5.10 Å². The van der Waals surface area contributed by atoms with Crippen molar-refractivity contribution in [2.75, 3.05) is 12.4 Å². The quantitative estimate of drug-likeness (QED) is 0.686. The van der Waals surface area contributed by atoms with Gasteiger partial charge in [0.25, 0.3) is 5.56 Å². The summed E-state index contributed by atoms with van der Waals surface area (Å²) in [6.45, 7) is -0.299. The van der Waals surface area contributed by atoms with Crippen LogP contribution in [0, 0.1) is 5.82 Å². The van der Waals surface area contributed by atoms with E-state index in [1.165, 1.54) is 55.6 Å². The lowest BCUT2D eigenvalue weighted by Gasteiger charge is -2.09. The van der Waals surface area contributed by atoms with E-state index in [1.54, 1.807) is 12.1 Å². The summed E-state index contributed by atoms with van der Waals surface area (Å²) in [5.41, 5.74) is 1.43. The number of carbonyl (C=O) groups excluding carboxylic acids is 2. The second-order valence-electron chi connectivity index (χ2n) is 5.84. The van der Waals surface area contributed by atoms with Crippen LogP contribution in [0.15, 0.2) is 65.5 Å². The SMILES string of the molecule is COC(=O)c1ccc(NC(=O)Cn2nc(-c3ccc(F)cc3)ccc2=O)cc1. The van der Waals surface area contributed by atoms with Gasteiger partial charge in [0, 0.05) is 17.3 Å². The molecule has 0 unspecified atom stereocenters. The molecule has 3 rings (SSSR count). The molecule has 0 bridgehead atoms. The zero-order chi connectivity index (χ0) is 20.1. The standard InChI is InChI=1S/C20H16FN3O4/c1-28-20(27)14-4-8-16(9-5-14)22-18(25)12-24-19(26)11-10-17(23-24)13-2-6-15(21)7-3-13/h2-11H,12H2,1H3,(H,22,25). The van der Waals surface area contributed by atoms with Crippen LogP contribution in [0.4, 0.5) is 10.1 Å². The Balaban J connectivity index is 1.73. The highest BCUT2D eigenvalue weighted by Crippen LogP contribution is 2.15. The molecule has 1 amide bonds. The Bertz CT molecular complexity index is 1060. The van der Waals surface area contributed by atoms with E-state index in [-0.39, 0.29) is 12.4 Å². The Morgan fingerprint density at radius 2 is 1.71 bits per heavy atom. The normalized spacial score (nSPS) is 10.4. The number of hydrogen-bond acceptors (Lipinski definition) is 5. The predicted octanol–water partition coefficient (Wildman–Crippen LogP) is 2.47. The average Bonchev–Trinajstić information content (AvgIpc) is 2.70. The van der Waals surface area contributed by atoms with Crippen LogP contribution in [0.5, 0.6) is 0 Å². The molecule has 0 spiro atoms. The first-order chi connectivity index (χ1) is 13.5. The van der Waals surface area contributed by atoms with E-state index in [4.69, 9.17) is 0 Å². The number of benzene rings is 2. The van der Waals surface area contributed by atoms with Crippen LogP contribution in [0.25, 0.3) is 11.3 Å². The van der Waals surface area contributed by atoms with Crippen molar-refractivity contribution in [1.29, 1.82) is 0 Å². The lowest BCUT2D eigenvalue weighted by Crippen LogP contribution is -2.29. The fourth-order valence-corrected chi connectivity index (χ4v) is 2.48. The molecule has 0 radical (unpaired) electrons. The van der Waals surface area contributed by atoms with Crippen molar-refractivity contribution in [2.45, 2.75) is 6.54 Å². The molecule has 0 aliphatic rings. The Labute approximate surface area is 159 Å². The molecule has 0 aliphatic carbocycles. The van der Waals surface area contributed by atoms with Crippen LogP contribution in [-0.2, 0) is 16.1 Å². The first kappa shape index (κ1) is 19.0. The molecule has 142 valence electrons. The van der Waals surface area contributed by atoms with Crippen LogP contribution in [0.1, 0.15) is 10.4 Å². The topological polar surface area (TPSA) is 90.3 Å². The number of anilines is 1. The Morgan fingerprint density at radius 3 is 2.36 bits per heavy atom. The summed E-state index contributed by atoms with van der Waals surface area (Å²) in [6, 6.07) is 14.6. The summed E-state index contributed by atoms with van der Waals surface area (Å²) in [4.78, 5) is 35.7. The number of aromatic nitrogens is 2. The molecule has 1 N–H and O–H groups in total. The van der Waals surface area contributed by atoms with E-state index in [1.807, 2.05) is 0 Å². The second kappa shape index (κ2) is 8.26. The van der Waals surface area contributed by atoms with Gasteiger partial charge in [-0.3, -0.25) is 9.59 Å². The lowest BCUT2D eigenvalue weighted by molar-refractivity contribution is -0.117. The monoisotopic (exact) mass is 381 g/mol. The van der Waals surface area contributed by atoms with Gasteiger partial charge in [0.1, 0.15) is 12.4 Å². The van der Waals surface area contributed by atoms with Gasteiger partial charge in [0.15, 0.2) is 0 Å². The molecule has 8 heteroatoms. The minimum absolute atomic E-state index is 0.299. The highest BCUT2D eigenvalue weighted by atomic mass is 19.1. The number of nitrogens with zero attached hydrogens (tertiary/aromatic N) is 2. The maximum absolute atomic E-state index is 13.1. The van der Waals surface area contributed by atoms with E-state index in [0.717, 1.165) is 4.68 Å². The summed E-state index contributed by atoms with van der Waals surface area (Å²) >= 11 is 0. The third kappa shape index (κ3) is 4.47. The second-order valence-corrected chi connectivity index (χ2v) is 5.84. The number of rotatable bonds is 5. The number of amides is 1. The van der Waals surface area contributed by atoms with Crippen LogP contribution in [0.2, 0.25) is 0 Å². The molecule has 3 aromatic rings. The molecular weight excluding hydrogens is 365 g/mol. The van der Waals surface area contributed by atoms with Gasteiger partial charge < -0.3 is 10.1 Å². The van der Waals surface area contributed by atoms with E-state index in [2.05, 4.69) is 15.2 Å². The molecule has 1 aromatic heterocycles. The fourth-order valence-electron chi connectivity index (χ4n) is 2.48. The van der Waals surface area contributed by atoms with E-state index in [9.17, 15) is 18.8 Å². The minimum atomic E-state index is -0.480. The zero-order valence-corrected chi connectivity index (χ0v) is 14.9. The Kier molecular flexibility index (Phi) is 5.59. The van der Waals surface area contributed by atoms with Gasteiger partial charge in [-0.25, -0.2) is 13.9 Å². The Hall–Kier alpha value is -3.81.